The summed E-state index contributed by atoms with van der Waals surface area (Å²) in [5.41, 5.74) is 2.02. The van der Waals surface area contributed by atoms with Gasteiger partial charge in [-0.1, -0.05) is 32.2 Å². The van der Waals surface area contributed by atoms with Gasteiger partial charge in [0.05, 0.1) is 42.6 Å². The number of nitriles is 1. The molecule has 1 atom stereocenters. The van der Waals surface area contributed by atoms with Crippen LogP contribution in [0.3, 0.4) is 0 Å². The van der Waals surface area contributed by atoms with Crippen molar-refractivity contribution >= 4 is 45.4 Å². The van der Waals surface area contributed by atoms with Gasteiger partial charge < -0.3 is 33.2 Å². The van der Waals surface area contributed by atoms with Crippen molar-refractivity contribution in [2.75, 3.05) is 33.0 Å². The molecule has 13 nitrogen and oxygen atoms in total. The van der Waals surface area contributed by atoms with Crippen molar-refractivity contribution in [1.29, 1.82) is 5.26 Å². The highest BCUT2D eigenvalue weighted by molar-refractivity contribution is 7.22. The zero-order valence-electron chi connectivity index (χ0n) is 31.7. The van der Waals surface area contributed by atoms with Crippen LogP contribution in [0.25, 0.3) is 20.8 Å². The number of carbonyl (C=O) groups excluding carboxylic acids is 4. The predicted octanol–water partition coefficient (Wildman–Crippen LogP) is 8.06. The van der Waals surface area contributed by atoms with E-state index in [1.54, 1.807) is 66.7 Å². The number of benzene rings is 4. The monoisotopic (exact) mass is 804 g/mol. The van der Waals surface area contributed by atoms with Crippen LogP contribution in [0.2, 0.25) is 0 Å². The average molecular weight is 805 g/mol. The van der Waals surface area contributed by atoms with Crippen molar-refractivity contribution in [3.63, 3.8) is 0 Å². The first-order valence-corrected chi connectivity index (χ1v) is 19.1. The molecule has 14 heteroatoms. The molecule has 0 saturated carbocycles. The third-order valence-corrected chi connectivity index (χ3v) is 9.19. The fraction of sp³-hybridized carbons (Fsp3) is 0.227. The summed E-state index contributed by atoms with van der Waals surface area (Å²) in [6.45, 7) is 9.92. The first kappa shape index (κ1) is 42.3. The van der Waals surface area contributed by atoms with Crippen LogP contribution in [0.15, 0.2) is 110 Å². The maximum Gasteiger partial charge on any atom is 0.343 e. The summed E-state index contributed by atoms with van der Waals surface area (Å²) in [6, 6.07) is 24.8. The minimum atomic E-state index is -0.753. The van der Waals surface area contributed by atoms with Crippen LogP contribution in [0.5, 0.6) is 23.0 Å². The van der Waals surface area contributed by atoms with E-state index < -0.39 is 30.0 Å². The lowest BCUT2D eigenvalue weighted by atomic mass is 10.1. The van der Waals surface area contributed by atoms with E-state index in [0.717, 1.165) is 18.6 Å². The van der Waals surface area contributed by atoms with Crippen LogP contribution in [-0.4, -0.2) is 68.0 Å². The second kappa shape index (κ2) is 21.5. The van der Waals surface area contributed by atoms with E-state index in [2.05, 4.69) is 19.2 Å². The van der Waals surface area contributed by atoms with Crippen molar-refractivity contribution < 1.29 is 52.3 Å². The number of carbonyl (C=O) groups is 4. The SMILES string of the molecule is C=CC(=O)OCCCCOCC(COc1ccc(C(=O)Oc2ccc(OC(=O)c3ccc(OCCC)cc3)c3sc(-c4ccc(C#N)cc4)nc23)cc1)OC(=O)C=C. The molecule has 0 aliphatic rings. The van der Waals surface area contributed by atoms with E-state index in [4.69, 9.17) is 38.1 Å². The molecule has 1 aromatic heterocycles. The van der Waals surface area contributed by atoms with Crippen LogP contribution >= 0.6 is 11.3 Å². The van der Waals surface area contributed by atoms with Gasteiger partial charge in [0, 0.05) is 24.3 Å². The molecule has 0 spiro atoms. The highest BCUT2D eigenvalue weighted by Crippen LogP contribution is 2.41. The first-order chi connectivity index (χ1) is 28.2. The van der Waals surface area contributed by atoms with Crippen molar-refractivity contribution in [1.82, 2.24) is 4.98 Å². The van der Waals surface area contributed by atoms with Gasteiger partial charge in [-0.15, -0.1) is 11.3 Å². The fourth-order valence-electron chi connectivity index (χ4n) is 5.12. The maximum absolute atomic E-state index is 13.4. The summed E-state index contributed by atoms with van der Waals surface area (Å²) in [7, 11) is 0. The van der Waals surface area contributed by atoms with E-state index in [0.29, 0.717) is 69.5 Å². The summed E-state index contributed by atoms with van der Waals surface area (Å²) in [5, 5.41) is 9.81. The zero-order chi connectivity index (χ0) is 41.3. The normalized spacial score (nSPS) is 11.1. The molecule has 0 radical (unpaired) electrons. The molecule has 0 amide bonds. The quantitative estimate of drug-likeness (QED) is 0.0302. The molecule has 5 rings (SSSR count). The van der Waals surface area contributed by atoms with Crippen molar-refractivity contribution in [2.45, 2.75) is 32.3 Å². The third kappa shape index (κ3) is 12.1. The number of hydrogen-bond acceptors (Lipinski definition) is 14. The molecule has 0 fully saturated rings. The number of rotatable bonds is 21. The molecule has 58 heavy (non-hydrogen) atoms. The van der Waals surface area contributed by atoms with Crippen molar-refractivity contribution in [3.8, 4) is 39.6 Å². The van der Waals surface area contributed by atoms with Crippen LogP contribution < -0.4 is 18.9 Å². The Morgan fingerprint density at radius 3 is 1.97 bits per heavy atom. The Bertz CT molecular complexity index is 2260. The highest BCUT2D eigenvalue weighted by Gasteiger charge is 2.21. The van der Waals surface area contributed by atoms with Gasteiger partial charge in [-0.3, -0.25) is 0 Å². The standard InChI is InChI=1S/C44H40N2O11S/c1-4-23-52-33-17-13-32(14-18-33)44(50)57-37-22-21-36(40-41(37)58-42(46-40)30-11-9-29(26-45)10-12-30)56-43(49)31-15-19-34(20-16-31)54-28-35(55-39(48)6-3)27-51-24-7-8-25-53-38(47)5-2/h5-6,9-22,35H,2-4,7-8,23-25,27-28H2,1H3. The summed E-state index contributed by atoms with van der Waals surface area (Å²) >= 11 is 1.24. The van der Waals surface area contributed by atoms with Gasteiger partial charge in [-0.05, 0) is 92.1 Å². The van der Waals surface area contributed by atoms with Crippen LogP contribution in [0, 0.1) is 11.3 Å². The Morgan fingerprint density at radius 2 is 1.34 bits per heavy atom. The van der Waals surface area contributed by atoms with Gasteiger partial charge in [0.25, 0.3) is 0 Å². The van der Waals surface area contributed by atoms with E-state index in [1.165, 1.54) is 29.5 Å². The van der Waals surface area contributed by atoms with Crippen LogP contribution in [-0.2, 0) is 23.8 Å². The minimum Gasteiger partial charge on any atom is -0.494 e. The Morgan fingerprint density at radius 1 is 0.741 bits per heavy atom. The van der Waals surface area contributed by atoms with Gasteiger partial charge in [-0.2, -0.15) is 5.26 Å². The molecule has 4 aromatic carbocycles. The van der Waals surface area contributed by atoms with Crippen molar-refractivity contribution in [3.05, 3.63) is 127 Å². The lowest BCUT2D eigenvalue weighted by Crippen LogP contribution is -2.29. The van der Waals surface area contributed by atoms with E-state index in [1.807, 2.05) is 6.92 Å². The molecule has 298 valence electrons. The van der Waals surface area contributed by atoms with Crippen LogP contribution in [0.1, 0.15) is 52.5 Å². The number of unbranched alkanes of at least 4 members (excludes halogenated alkanes) is 1. The molecule has 0 aliphatic carbocycles. The zero-order valence-corrected chi connectivity index (χ0v) is 32.5. The summed E-state index contributed by atoms with van der Waals surface area (Å²) in [6.07, 6.45) is 3.43. The van der Waals surface area contributed by atoms with Gasteiger partial charge >= 0.3 is 23.9 Å². The molecule has 0 aliphatic heterocycles. The molecule has 0 N–H and O–H groups in total. The molecule has 1 heterocycles. The molecular weight excluding hydrogens is 765 g/mol. The topological polar surface area (TPSA) is 170 Å². The van der Waals surface area contributed by atoms with E-state index >= 15 is 0 Å². The van der Waals surface area contributed by atoms with E-state index in [9.17, 15) is 24.4 Å². The molecule has 1 unspecified atom stereocenters. The molecule has 0 bridgehead atoms. The maximum atomic E-state index is 13.4. The molecule has 0 saturated heterocycles. The Labute approximate surface area is 339 Å². The van der Waals surface area contributed by atoms with Gasteiger partial charge in [-0.25, -0.2) is 24.2 Å². The van der Waals surface area contributed by atoms with Crippen molar-refractivity contribution in [2.24, 2.45) is 0 Å². The largest absolute Gasteiger partial charge is 0.494 e. The van der Waals surface area contributed by atoms with Gasteiger partial charge in [0.1, 0.15) is 33.3 Å². The third-order valence-electron chi connectivity index (χ3n) is 8.07. The summed E-state index contributed by atoms with van der Waals surface area (Å²) in [5.74, 6) is -1.01. The number of nitrogens with zero attached hydrogens (tertiary/aromatic N) is 2. The number of fused-ring (bicyclic) bond motifs is 1. The van der Waals surface area contributed by atoms with Crippen LogP contribution in [0.4, 0.5) is 0 Å². The van der Waals surface area contributed by atoms with E-state index in [-0.39, 0.29) is 36.9 Å². The predicted molar refractivity (Wildman–Crippen MR) is 215 cm³/mol. The minimum absolute atomic E-state index is 0.0424. The highest BCUT2D eigenvalue weighted by atomic mass is 32.1. The van der Waals surface area contributed by atoms with Gasteiger partial charge in [0.2, 0.25) is 0 Å². The summed E-state index contributed by atoms with van der Waals surface area (Å²) < 4.78 is 39.5. The second-order valence-corrected chi connectivity index (χ2v) is 13.4. The number of esters is 4. The first-order valence-electron chi connectivity index (χ1n) is 18.2. The fourth-order valence-corrected chi connectivity index (χ4v) is 6.15. The Kier molecular flexibility index (Phi) is 15.7. The lowest BCUT2D eigenvalue weighted by molar-refractivity contribution is -0.148. The molecular formula is C44H40N2O11S. The smallest absolute Gasteiger partial charge is 0.343 e. The number of ether oxygens (including phenoxy) is 7. The lowest BCUT2D eigenvalue weighted by Gasteiger charge is -2.18. The average Bonchev–Trinajstić information content (AvgIpc) is 3.72. The number of aromatic nitrogens is 1. The Hall–Kier alpha value is -6.82. The molecule has 5 aromatic rings. The number of hydrogen-bond donors (Lipinski definition) is 0. The summed E-state index contributed by atoms with van der Waals surface area (Å²) in [4.78, 5) is 54.4. The Balaban J connectivity index is 1.26. The second-order valence-electron chi connectivity index (χ2n) is 12.4. The number of thiazole rings is 1. The van der Waals surface area contributed by atoms with Gasteiger partial charge in [0.15, 0.2) is 17.6 Å².